The quantitative estimate of drug-likeness (QED) is 0.929. The molecule has 19 heavy (non-hydrogen) atoms. The first-order valence-electron chi connectivity index (χ1n) is 5.79. The van der Waals surface area contributed by atoms with Crippen molar-refractivity contribution in [1.82, 2.24) is 0 Å². The minimum atomic E-state index is 0.611. The van der Waals surface area contributed by atoms with Crippen LogP contribution < -0.4 is 10.1 Å². The Labute approximate surface area is 121 Å². The van der Waals surface area contributed by atoms with Crippen molar-refractivity contribution in [3.05, 3.63) is 58.1 Å². The maximum absolute atomic E-state index is 8.92. The standard InChI is InChI=1S/C15H13BrN2O/c1-19-15-7-2-11(9-17)8-12(15)10-18-14-5-3-13(16)4-6-14/h2-8,18H,10H2,1H3. The lowest BCUT2D eigenvalue weighted by atomic mass is 10.1. The van der Waals surface area contributed by atoms with Crippen molar-refractivity contribution < 1.29 is 4.74 Å². The summed E-state index contributed by atoms with van der Waals surface area (Å²) >= 11 is 3.40. The summed E-state index contributed by atoms with van der Waals surface area (Å²) in [5.41, 5.74) is 2.62. The molecule has 0 radical (unpaired) electrons. The van der Waals surface area contributed by atoms with E-state index in [0.717, 1.165) is 21.5 Å². The summed E-state index contributed by atoms with van der Waals surface area (Å²) in [5.74, 6) is 0.781. The summed E-state index contributed by atoms with van der Waals surface area (Å²) in [6.45, 7) is 0.611. The Hall–Kier alpha value is -1.99. The molecule has 2 rings (SSSR count). The van der Waals surface area contributed by atoms with Crippen LogP contribution in [0.25, 0.3) is 0 Å². The zero-order valence-electron chi connectivity index (χ0n) is 10.5. The topological polar surface area (TPSA) is 45.0 Å². The van der Waals surface area contributed by atoms with E-state index in [-0.39, 0.29) is 0 Å². The van der Waals surface area contributed by atoms with Crippen LogP contribution in [-0.4, -0.2) is 7.11 Å². The molecule has 1 N–H and O–H groups in total. The van der Waals surface area contributed by atoms with E-state index < -0.39 is 0 Å². The van der Waals surface area contributed by atoms with E-state index >= 15 is 0 Å². The van der Waals surface area contributed by atoms with Crippen molar-refractivity contribution in [3.8, 4) is 11.8 Å². The van der Waals surface area contributed by atoms with Crippen molar-refractivity contribution in [2.45, 2.75) is 6.54 Å². The van der Waals surface area contributed by atoms with E-state index in [0.29, 0.717) is 12.1 Å². The Morgan fingerprint density at radius 2 is 1.95 bits per heavy atom. The van der Waals surface area contributed by atoms with Gasteiger partial charge < -0.3 is 10.1 Å². The molecular weight excluding hydrogens is 304 g/mol. The van der Waals surface area contributed by atoms with Gasteiger partial charge >= 0.3 is 0 Å². The summed E-state index contributed by atoms with van der Waals surface area (Å²) in [4.78, 5) is 0. The van der Waals surface area contributed by atoms with E-state index in [2.05, 4.69) is 27.3 Å². The van der Waals surface area contributed by atoms with E-state index in [4.69, 9.17) is 10.00 Å². The van der Waals surface area contributed by atoms with Gasteiger partial charge in [-0.1, -0.05) is 15.9 Å². The summed E-state index contributed by atoms with van der Waals surface area (Å²) in [6, 6.07) is 15.5. The van der Waals surface area contributed by atoms with Gasteiger partial charge in [0.1, 0.15) is 5.75 Å². The van der Waals surface area contributed by atoms with Gasteiger partial charge in [0.25, 0.3) is 0 Å². The third-order valence-electron chi connectivity index (χ3n) is 2.74. The Bertz CT molecular complexity index is 603. The highest BCUT2D eigenvalue weighted by atomic mass is 79.9. The smallest absolute Gasteiger partial charge is 0.123 e. The van der Waals surface area contributed by atoms with Crippen LogP contribution in [0.15, 0.2) is 46.9 Å². The summed E-state index contributed by atoms with van der Waals surface area (Å²) in [5, 5.41) is 12.2. The molecule has 0 aliphatic carbocycles. The number of anilines is 1. The molecule has 0 fully saturated rings. The zero-order chi connectivity index (χ0) is 13.7. The Balaban J connectivity index is 2.14. The fraction of sp³-hybridized carbons (Fsp3) is 0.133. The van der Waals surface area contributed by atoms with Crippen LogP contribution in [0.5, 0.6) is 5.75 Å². The lowest BCUT2D eigenvalue weighted by Crippen LogP contribution is -2.02. The Morgan fingerprint density at radius 3 is 2.58 bits per heavy atom. The largest absolute Gasteiger partial charge is 0.496 e. The number of nitrogens with one attached hydrogen (secondary N) is 1. The summed E-state index contributed by atoms with van der Waals surface area (Å²) < 4.78 is 6.34. The number of nitriles is 1. The third kappa shape index (κ3) is 3.49. The van der Waals surface area contributed by atoms with Gasteiger partial charge in [0.05, 0.1) is 18.7 Å². The van der Waals surface area contributed by atoms with Gasteiger partial charge in [-0.05, 0) is 42.5 Å². The Kier molecular flexibility index (Phi) is 4.43. The lowest BCUT2D eigenvalue weighted by molar-refractivity contribution is 0.410. The van der Waals surface area contributed by atoms with Crippen LogP contribution in [0, 0.1) is 11.3 Å². The van der Waals surface area contributed by atoms with Crippen molar-refractivity contribution in [2.75, 3.05) is 12.4 Å². The molecule has 0 heterocycles. The summed E-state index contributed by atoms with van der Waals surface area (Å²) in [7, 11) is 1.63. The maximum Gasteiger partial charge on any atom is 0.123 e. The average Bonchev–Trinajstić information content (AvgIpc) is 2.46. The molecule has 0 spiro atoms. The number of ether oxygens (including phenoxy) is 1. The van der Waals surface area contributed by atoms with Crippen LogP contribution in [0.2, 0.25) is 0 Å². The second kappa shape index (κ2) is 6.26. The number of rotatable bonds is 4. The first-order valence-corrected chi connectivity index (χ1v) is 6.58. The van der Waals surface area contributed by atoms with Gasteiger partial charge in [-0.15, -0.1) is 0 Å². The SMILES string of the molecule is COc1ccc(C#N)cc1CNc1ccc(Br)cc1. The van der Waals surface area contributed by atoms with E-state index in [1.54, 1.807) is 13.2 Å². The molecule has 4 heteroatoms. The number of hydrogen-bond donors (Lipinski definition) is 1. The number of hydrogen-bond acceptors (Lipinski definition) is 3. The second-order valence-corrected chi connectivity index (χ2v) is 4.91. The van der Waals surface area contributed by atoms with Gasteiger partial charge in [-0.25, -0.2) is 0 Å². The average molecular weight is 317 g/mol. The molecular formula is C15H13BrN2O. The van der Waals surface area contributed by atoms with Crippen LogP contribution in [0.4, 0.5) is 5.69 Å². The van der Waals surface area contributed by atoms with Gasteiger partial charge in [0, 0.05) is 22.3 Å². The monoisotopic (exact) mass is 316 g/mol. The number of benzene rings is 2. The van der Waals surface area contributed by atoms with Crippen molar-refractivity contribution >= 4 is 21.6 Å². The molecule has 0 aliphatic heterocycles. The second-order valence-electron chi connectivity index (χ2n) is 4.00. The Morgan fingerprint density at radius 1 is 1.21 bits per heavy atom. The van der Waals surface area contributed by atoms with E-state index in [1.807, 2.05) is 36.4 Å². The molecule has 0 amide bonds. The lowest BCUT2D eigenvalue weighted by Gasteiger charge is -2.11. The highest BCUT2D eigenvalue weighted by Crippen LogP contribution is 2.21. The van der Waals surface area contributed by atoms with Gasteiger partial charge in [0.2, 0.25) is 0 Å². The molecule has 0 aliphatic rings. The molecule has 0 saturated carbocycles. The minimum absolute atomic E-state index is 0.611. The van der Waals surface area contributed by atoms with Crippen LogP contribution in [0.1, 0.15) is 11.1 Å². The predicted octanol–water partition coefficient (Wildman–Crippen LogP) is 3.94. The first-order chi connectivity index (χ1) is 9.22. The highest BCUT2D eigenvalue weighted by molar-refractivity contribution is 9.10. The number of methoxy groups -OCH3 is 1. The first kappa shape index (κ1) is 13.4. The van der Waals surface area contributed by atoms with E-state index in [9.17, 15) is 0 Å². The van der Waals surface area contributed by atoms with Crippen molar-refractivity contribution in [3.63, 3.8) is 0 Å². The van der Waals surface area contributed by atoms with Crippen molar-refractivity contribution in [2.24, 2.45) is 0 Å². The zero-order valence-corrected chi connectivity index (χ0v) is 12.1. The van der Waals surface area contributed by atoms with Crippen LogP contribution in [0.3, 0.4) is 0 Å². The van der Waals surface area contributed by atoms with Gasteiger partial charge in [0.15, 0.2) is 0 Å². The fourth-order valence-corrected chi connectivity index (χ4v) is 2.02. The predicted molar refractivity (Wildman–Crippen MR) is 79.2 cm³/mol. The molecule has 3 nitrogen and oxygen atoms in total. The third-order valence-corrected chi connectivity index (χ3v) is 3.27. The molecule has 0 aromatic heterocycles. The fourth-order valence-electron chi connectivity index (χ4n) is 1.75. The minimum Gasteiger partial charge on any atom is -0.496 e. The van der Waals surface area contributed by atoms with Crippen LogP contribution >= 0.6 is 15.9 Å². The summed E-state index contributed by atoms with van der Waals surface area (Å²) in [6.07, 6.45) is 0. The molecule has 2 aromatic rings. The van der Waals surface area contributed by atoms with E-state index in [1.165, 1.54) is 0 Å². The number of halogens is 1. The molecule has 0 unspecified atom stereocenters. The maximum atomic E-state index is 8.92. The molecule has 0 atom stereocenters. The van der Waals surface area contributed by atoms with Gasteiger partial charge in [-0.3, -0.25) is 0 Å². The normalized spacial score (nSPS) is 9.74. The van der Waals surface area contributed by atoms with Gasteiger partial charge in [-0.2, -0.15) is 5.26 Å². The molecule has 2 aromatic carbocycles. The molecule has 0 saturated heterocycles. The highest BCUT2D eigenvalue weighted by Gasteiger charge is 2.04. The van der Waals surface area contributed by atoms with Crippen LogP contribution in [-0.2, 0) is 6.54 Å². The van der Waals surface area contributed by atoms with Crippen molar-refractivity contribution in [1.29, 1.82) is 5.26 Å². The molecule has 0 bridgehead atoms. The number of nitrogens with zero attached hydrogens (tertiary/aromatic N) is 1. The molecule has 96 valence electrons.